The van der Waals surface area contributed by atoms with E-state index >= 15 is 0 Å². The fourth-order valence-electron chi connectivity index (χ4n) is 1.01. The summed E-state index contributed by atoms with van der Waals surface area (Å²) in [7, 11) is 0. The lowest BCUT2D eigenvalue weighted by atomic mass is 9.92. The average molecular weight is 568 g/mol. The van der Waals surface area contributed by atoms with Gasteiger partial charge in [-0.2, -0.15) is 0 Å². The molecule has 32 heteroatoms. The van der Waals surface area contributed by atoms with Gasteiger partial charge in [0.2, 0.25) is 0 Å². The molecule has 4 N–H and O–H groups in total. The zero-order valence-electron chi connectivity index (χ0n) is 16.9. The monoisotopic (exact) mass is 568 g/mol. The highest BCUT2D eigenvalue weighted by molar-refractivity contribution is 4.77. The minimum atomic E-state index is -2.03. The average Bonchev–Trinajstić information content (AvgIpc) is 2.64. The Hall–Kier alpha value is -6.40. The lowest BCUT2D eigenvalue weighted by Crippen LogP contribution is -2.43. The largest absolute Gasteiger partial charge is 0.328 e. The summed E-state index contributed by atoms with van der Waals surface area (Å²) >= 11 is 0. The molecule has 0 aliphatic carbocycles. The maximum absolute atomic E-state index is 10.1. The Morgan fingerprint density at radius 3 is 0.595 bits per heavy atom. The second kappa shape index (κ2) is 24.2. The summed E-state index contributed by atoms with van der Waals surface area (Å²) < 4.78 is 0. The quantitative estimate of drug-likeness (QED) is 0.138. The molecule has 0 fully saturated rings. The van der Waals surface area contributed by atoms with E-state index in [9.17, 15) is 40.5 Å². The molecule has 216 valence electrons. The van der Waals surface area contributed by atoms with Gasteiger partial charge < -0.3 is 40.2 Å². The maximum atomic E-state index is 10.1. The highest BCUT2D eigenvalue weighted by Crippen LogP contribution is 2.21. The fraction of sp³-hybridized carbons (Fsp3) is 1.00. The van der Waals surface area contributed by atoms with Crippen molar-refractivity contribution in [3.8, 4) is 0 Å². The van der Waals surface area contributed by atoms with Gasteiger partial charge in [0.15, 0.2) is 0 Å². The molecule has 0 radical (unpaired) electrons. The van der Waals surface area contributed by atoms with Gasteiger partial charge >= 0.3 is 0 Å². The third kappa shape index (κ3) is 72.8. The van der Waals surface area contributed by atoms with Gasteiger partial charge in [-0.25, -0.2) is 0 Å². The summed E-state index contributed by atoms with van der Waals surface area (Å²) in [6.07, 6.45) is 0. The van der Waals surface area contributed by atoms with E-state index in [0.717, 1.165) is 0 Å². The van der Waals surface area contributed by atoms with Crippen LogP contribution in [0.25, 0.3) is 0 Å². The molecule has 0 saturated heterocycles. The predicted octanol–water partition coefficient (Wildman–Crippen LogP) is -2.58. The molecule has 0 aromatic carbocycles. The van der Waals surface area contributed by atoms with Crippen molar-refractivity contribution in [1.82, 2.24) is 0 Å². The second-order valence-corrected chi connectivity index (χ2v) is 4.44. The van der Waals surface area contributed by atoms with Gasteiger partial charge in [0, 0.05) is 0 Å². The molecule has 0 aromatic rings. The van der Waals surface area contributed by atoms with Crippen LogP contribution in [0.15, 0.2) is 0 Å². The summed E-state index contributed by atoms with van der Waals surface area (Å²) in [5.41, 5.74) is -2.03. The molecule has 0 aliphatic rings. The number of nitrogens with zero attached hydrogens (tertiary/aromatic N) is 8. The first kappa shape index (κ1) is 40.9. The first-order chi connectivity index (χ1) is 16.6. The van der Waals surface area contributed by atoms with E-state index < -0.39 is 72.5 Å². The van der Waals surface area contributed by atoms with E-state index in [2.05, 4.69) is 19.4 Å². The van der Waals surface area contributed by atoms with Crippen LogP contribution in [0.1, 0.15) is 0 Å². The smallest absolute Gasteiger partial charge is 0.294 e. The summed E-state index contributed by atoms with van der Waals surface area (Å²) in [4.78, 5) is 89.6. The van der Waals surface area contributed by atoms with Gasteiger partial charge in [0.25, 0.3) is 40.7 Å². The zero-order chi connectivity index (χ0) is 30.8. The summed E-state index contributed by atoms with van der Waals surface area (Å²) in [6.45, 7) is -4.13. The van der Waals surface area contributed by atoms with E-state index in [0.29, 0.717) is 0 Å². The van der Waals surface area contributed by atoms with Crippen LogP contribution in [0.3, 0.4) is 0 Å². The van der Waals surface area contributed by atoms with E-state index in [4.69, 9.17) is 61.3 Å². The van der Waals surface area contributed by atoms with Crippen LogP contribution >= 0.6 is 0 Å². The Morgan fingerprint density at radius 1 is 0.405 bits per heavy atom. The van der Waals surface area contributed by atoms with Crippen LogP contribution in [-0.4, -0.2) is 87.9 Å². The molecule has 0 aromatic heterocycles. The lowest BCUT2D eigenvalue weighted by molar-refractivity contribution is -0.792. The van der Waals surface area contributed by atoms with Gasteiger partial charge in [-0.15, -0.1) is 80.9 Å². The Bertz CT molecular complexity index is 610. The maximum Gasteiger partial charge on any atom is 0.294 e. The molecule has 32 nitrogen and oxygen atoms in total. The van der Waals surface area contributed by atoms with Crippen molar-refractivity contribution in [2.45, 2.75) is 0 Å². The van der Waals surface area contributed by atoms with Crippen molar-refractivity contribution in [2.75, 3.05) is 26.4 Å². The molecule has 0 saturated carbocycles. The molecule has 0 rings (SSSR count). The Labute approximate surface area is 195 Å². The van der Waals surface area contributed by atoms with Gasteiger partial charge in [-0.05, 0) is 0 Å². The van der Waals surface area contributed by atoms with Crippen LogP contribution in [0.4, 0.5) is 0 Å². The van der Waals surface area contributed by atoms with Crippen LogP contribution in [0, 0.1) is 86.3 Å². The molecule has 0 aliphatic heterocycles. The van der Waals surface area contributed by atoms with E-state index in [1.807, 2.05) is 0 Å². The van der Waals surface area contributed by atoms with Crippen LogP contribution < -0.4 is 0 Å². The van der Waals surface area contributed by atoms with E-state index in [1.54, 1.807) is 0 Å². The van der Waals surface area contributed by atoms with E-state index in [1.165, 1.54) is 0 Å². The fourth-order valence-corrected chi connectivity index (χ4v) is 1.01. The number of hydrogen-bond acceptors (Lipinski definition) is 20. The minimum Gasteiger partial charge on any atom is -0.328 e. The highest BCUT2D eigenvalue weighted by atomic mass is 17.0. The molecule has 0 atom stereocenters. The van der Waals surface area contributed by atoms with Crippen molar-refractivity contribution in [3.05, 3.63) is 80.9 Å². The van der Waals surface area contributed by atoms with Crippen molar-refractivity contribution in [1.29, 1.82) is 0 Å². The summed E-state index contributed by atoms with van der Waals surface area (Å²) in [6, 6.07) is 0. The topological polar surface area (TPSA) is 463 Å². The lowest BCUT2D eigenvalue weighted by Gasteiger charge is -2.28. The molecule has 0 spiro atoms. The first-order valence-corrected chi connectivity index (χ1v) is 7.02. The van der Waals surface area contributed by atoms with Crippen LogP contribution in [0.2, 0.25) is 0 Å². The molecule has 0 bridgehead atoms. The zero-order valence-corrected chi connectivity index (χ0v) is 16.9. The van der Waals surface area contributed by atoms with Crippen molar-refractivity contribution < 1.29 is 80.9 Å². The van der Waals surface area contributed by atoms with Gasteiger partial charge in [-0.1, -0.05) is 0 Å². The molecule has 0 heterocycles. The van der Waals surface area contributed by atoms with Crippen molar-refractivity contribution in [3.63, 3.8) is 0 Å². The minimum absolute atomic E-state index is 1.03. The van der Waals surface area contributed by atoms with E-state index in [-0.39, 0.29) is 0 Å². The standard InChI is InChI=1S/C5H8N4O12.4HNO3/c10-6(11)18-1-5(2-19-7(12)13,3-20-8(14)15)4-21-9(16)17;4*2-1(3)4/h1-4H2;4*(H,2,3,4). The molecular weight excluding hydrogens is 556 g/mol. The van der Waals surface area contributed by atoms with Gasteiger partial charge in [0.05, 0.1) is 5.41 Å². The van der Waals surface area contributed by atoms with Crippen molar-refractivity contribution >= 4 is 0 Å². The molecule has 37 heavy (non-hydrogen) atoms. The normalized spacial score (nSPS) is 8.43. The Balaban J connectivity index is -0.000000172. The van der Waals surface area contributed by atoms with Crippen LogP contribution in [-0.2, 0) is 19.4 Å². The summed E-state index contributed by atoms with van der Waals surface area (Å²) in [5.74, 6) is 0. The molecule has 0 unspecified atom stereocenters. The third-order valence-corrected chi connectivity index (χ3v) is 1.90. The Morgan fingerprint density at radius 2 is 0.514 bits per heavy atom. The van der Waals surface area contributed by atoms with Crippen LogP contribution in [0.5, 0.6) is 0 Å². The summed E-state index contributed by atoms with van der Waals surface area (Å²) in [5, 5.41) is 89.8. The van der Waals surface area contributed by atoms with Gasteiger partial charge in [0.1, 0.15) is 26.4 Å². The van der Waals surface area contributed by atoms with Gasteiger partial charge in [-0.3, -0.25) is 0 Å². The third-order valence-electron chi connectivity index (χ3n) is 1.90. The number of hydrogen-bond donors (Lipinski definition) is 4. The second-order valence-electron chi connectivity index (χ2n) is 4.44. The number of rotatable bonds is 12. The predicted molar refractivity (Wildman–Crippen MR) is 89.3 cm³/mol. The van der Waals surface area contributed by atoms with Crippen molar-refractivity contribution in [2.24, 2.45) is 5.41 Å². The highest BCUT2D eigenvalue weighted by Gasteiger charge is 2.37. The molecular formula is C5H12N8O24. The Kier molecular flexibility index (Phi) is 26.8. The first-order valence-electron chi connectivity index (χ1n) is 7.02. The SMILES string of the molecule is O=[N+]([O-])O.O=[N+]([O-])O.O=[N+]([O-])O.O=[N+]([O-])O.O=[N+]([O-])OCC(CO[N+](=O)[O-])(CO[N+](=O)[O-])CO[N+](=O)[O-]. The molecule has 0 amide bonds.